The van der Waals surface area contributed by atoms with Crippen molar-refractivity contribution in [1.29, 1.82) is 0 Å². The third kappa shape index (κ3) is 3.37. The summed E-state index contributed by atoms with van der Waals surface area (Å²) in [5.74, 6) is 0.987. The van der Waals surface area contributed by atoms with Gasteiger partial charge >= 0.3 is 0 Å². The van der Waals surface area contributed by atoms with Crippen molar-refractivity contribution >= 4 is 23.3 Å². The molecule has 7 heteroatoms. The molecule has 3 aliphatic heterocycles. The first-order valence-corrected chi connectivity index (χ1v) is 10.9. The largest absolute Gasteiger partial charge is 0.371 e. The van der Waals surface area contributed by atoms with E-state index in [1.807, 2.05) is 30.5 Å². The Morgan fingerprint density at radius 3 is 2.90 bits per heavy atom. The Hall–Kier alpha value is -2.54. The molecule has 0 amide bonds. The third-order valence-electron chi connectivity index (χ3n) is 5.84. The highest BCUT2D eigenvalue weighted by Gasteiger charge is 2.34. The van der Waals surface area contributed by atoms with Crippen LogP contribution in [0.2, 0.25) is 0 Å². The molecule has 5 nitrogen and oxygen atoms in total. The number of aromatic nitrogens is 2. The van der Waals surface area contributed by atoms with Gasteiger partial charge < -0.3 is 15.1 Å². The summed E-state index contributed by atoms with van der Waals surface area (Å²) in [6, 6.07) is 7.80. The summed E-state index contributed by atoms with van der Waals surface area (Å²) in [7, 11) is 0. The van der Waals surface area contributed by atoms with Crippen LogP contribution in [-0.2, 0) is 0 Å². The minimum absolute atomic E-state index is 0.176. The van der Waals surface area contributed by atoms with Gasteiger partial charge in [0.25, 0.3) is 0 Å². The lowest BCUT2D eigenvalue weighted by Gasteiger charge is -2.31. The highest BCUT2D eigenvalue weighted by Crippen LogP contribution is 2.48. The van der Waals surface area contributed by atoms with Crippen molar-refractivity contribution < 1.29 is 4.39 Å². The summed E-state index contributed by atoms with van der Waals surface area (Å²) in [6.07, 6.45) is 5.62. The number of halogens is 1. The molecule has 29 heavy (non-hydrogen) atoms. The van der Waals surface area contributed by atoms with Crippen LogP contribution in [0.15, 0.2) is 59.5 Å². The summed E-state index contributed by atoms with van der Waals surface area (Å²) < 4.78 is 14.9. The molecule has 1 saturated heterocycles. The van der Waals surface area contributed by atoms with E-state index in [2.05, 4.69) is 38.6 Å². The van der Waals surface area contributed by atoms with Gasteiger partial charge in [0.05, 0.1) is 16.8 Å². The van der Waals surface area contributed by atoms with Crippen LogP contribution in [0.4, 0.5) is 15.9 Å². The molecule has 0 bridgehead atoms. The Balaban J connectivity index is 1.33. The molecule has 1 N–H and O–H groups in total. The fourth-order valence-corrected chi connectivity index (χ4v) is 5.53. The van der Waals surface area contributed by atoms with Gasteiger partial charge in [-0.25, -0.2) is 4.98 Å². The minimum Gasteiger partial charge on any atom is -0.371 e. The van der Waals surface area contributed by atoms with E-state index < -0.39 is 0 Å². The zero-order valence-electron chi connectivity index (χ0n) is 16.4. The molecule has 1 fully saturated rings. The molecule has 150 valence electrons. The van der Waals surface area contributed by atoms with Gasteiger partial charge in [-0.15, -0.1) is 0 Å². The Labute approximate surface area is 174 Å². The standard InChI is InChI=1S/C22H24FN5S/c1-14-7-10-27(13-14)19-6-5-17(21(23)26-19)22-25-18-8-11-28(15(2)20(18)29-22)16-4-3-9-24-12-16/h3-6,9,12,14,22,25H,2,7-8,10-11,13H2,1H3/t14-,22?/m0/s1. The number of anilines is 2. The number of nitrogens with one attached hydrogen (secondary N) is 1. The highest BCUT2D eigenvalue weighted by molar-refractivity contribution is 8.03. The molecule has 2 atom stereocenters. The predicted molar refractivity (Wildman–Crippen MR) is 116 cm³/mol. The van der Waals surface area contributed by atoms with E-state index in [1.54, 1.807) is 18.0 Å². The van der Waals surface area contributed by atoms with Crippen LogP contribution in [0.25, 0.3) is 0 Å². The second-order valence-corrected chi connectivity index (χ2v) is 9.01. The first-order valence-electron chi connectivity index (χ1n) is 10.0. The van der Waals surface area contributed by atoms with Gasteiger partial charge in [-0.2, -0.15) is 4.39 Å². The van der Waals surface area contributed by atoms with Crippen molar-refractivity contribution in [3.8, 4) is 0 Å². The summed E-state index contributed by atoms with van der Waals surface area (Å²) >= 11 is 1.62. The maximum Gasteiger partial charge on any atom is 0.220 e. The summed E-state index contributed by atoms with van der Waals surface area (Å²) in [5.41, 5.74) is 3.71. The molecule has 0 radical (unpaired) electrons. The lowest BCUT2D eigenvalue weighted by atomic mass is 10.1. The Bertz CT molecular complexity index is 976. The molecule has 0 spiro atoms. The molecule has 0 saturated carbocycles. The van der Waals surface area contributed by atoms with E-state index in [0.717, 1.165) is 60.3 Å². The number of pyridine rings is 2. The summed E-state index contributed by atoms with van der Waals surface area (Å²) in [6.45, 7) is 9.25. The first-order chi connectivity index (χ1) is 14.1. The van der Waals surface area contributed by atoms with Crippen LogP contribution in [-0.4, -0.2) is 29.6 Å². The quantitative estimate of drug-likeness (QED) is 0.757. The van der Waals surface area contributed by atoms with Crippen molar-refractivity contribution in [2.75, 3.05) is 29.4 Å². The van der Waals surface area contributed by atoms with Crippen molar-refractivity contribution in [3.63, 3.8) is 0 Å². The maximum atomic E-state index is 14.9. The molecule has 1 unspecified atom stereocenters. The topological polar surface area (TPSA) is 44.3 Å². The first kappa shape index (κ1) is 18.5. The van der Waals surface area contributed by atoms with Gasteiger partial charge in [0, 0.05) is 49.2 Å². The van der Waals surface area contributed by atoms with Gasteiger partial charge in [0.1, 0.15) is 11.2 Å². The number of rotatable bonds is 3. The van der Waals surface area contributed by atoms with Gasteiger partial charge in [0.2, 0.25) is 5.95 Å². The smallest absolute Gasteiger partial charge is 0.220 e. The summed E-state index contributed by atoms with van der Waals surface area (Å²) in [5, 5.41) is 3.32. The molecule has 5 rings (SSSR count). The van der Waals surface area contributed by atoms with Crippen molar-refractivity contribution in [2.45, 2.75) is 25.1 Å². The lowest BCUT2D eigenvalue weighted by molar-refractivity contribution is 0.555. The third-order valence-corrected chi connectivity index (χ3v) is 7.16. The fraction of sp³-hybridized carbons (Fsp3) is 0.364. The number of nitrogens with zero attached hydrogens (tertiary/aromatic N) is 4. The molecule has 5 heterocycles. The van der Waals surface area contributed by atoms with E-state index in [4.69, 9.17) is 0 Å². The van der Waals surface area contributed by atoms with Gasteiger partial charge in [0.15, 0.2) is 0 Å². The van der Waals surface area contributed by atoms with Crippen molar-refractivity contribution in [1.82, 2.24) is 15.3 Å². The molecular formula is C22H24FN5S. The fourth-order valence-electron chi connectivity index (χ4n) is 4.24. The average molecular weight is 410 g/mol. The van der Waals surface area contributed by atoms with E-state index in [0.29, 0.717) is 11.5 Å². The predicted octanol–water partition coefficient (Wildman–Crippen LogP) is 4.43. The van der Waals surface area contributed by atoms with Crippen LogP contribution in [0.5, 0.6) is 0 Å². The van der Waals surface area contributed by atoms with Crippen LogP contribution in [0.1, 0.15) is 30.7 Å². The molecule has 0 aliphatic carbocycles. The Kier molecular flexibility index (Phi) is 4.70. The second kappa shape index (κ2) is 7.37. The van der Waals surface area contributed by atoms with Gasteiger partial charge in [-0.1, -0.05) is 25.3 Å². The molecule has 2 aromatic rings. The maximum absolute atomic E-state index is 14.9. The van der Waals surface area contributed by atoms with Crippen LogP contribution in [0, 0.1) is 11.9 Å². The monoisotopic (exact) mass is 409 g/mol. The second-order valence-electron chi connectivity index (χ2n) is 7.90. The van der Waals surface area contributed by atoms with E-state index >= 15 is 0 Å². The zero-order valence-corrected chi connectivity index (χ0v) is 17.3. The van der Waals surface area contributed by atoms with Gasteiger partial charge in [-0.05, 0) is 36.6 Å². The van der Waals surface area contributed by atoms with Crippen molar-refractivity contribution in [2.24, 2.45) is 5.92 Å². The SMILES string of the molecule is C=C1C2=C(CCN1c1cccnc1)NC(c1ccc(N3CC[C@H](C)C3)nc1F)S2. The van der Waals surface area contributed by atoms with E-state index in [-0.39, 0.29) is 11.3 Å². The zero-order chi connectivity index (χ0) is 20.0. The number of thioether (sulfide) groups is 1. The molecule has 2 aromatic heterocycles. The minimum atomic E-state index is -0.387. The number of hydrogen-bond acceptors (Lipinski definition) is 6. The number of hydrogen-bond donors (Lipinski definition) is 1. The van der Waals surface area contributed by atoms with Gasteiger partial charge in [-0.3, -0.25) is 4.98 Å². The van der Waals surface area contributed by atoms with Crippen molar-refractivity contribution in [3.05, 3.63) is 71.0 Å². The van der Waals surface area contributed by atoms with E-state index in [1.165, 1.54) is 0 Å². The van der Waals surface area contributed by atoms with E-state index in [9.17, 15) is 4.39 Å². The van der Waals surface area contributed by atoms with Crippen LogP contribution < -0.4 is 15.1 Å². The summed E-state index contributed by atoms with van der Waals surface area (Å²) in [4.78, 5) is 13.9. The van der Waals surface area contributed by atoms with Crippen LogP contribution >= 0.6 is 11.8 Å². The molecular weight excluding hydrogens is 385 g/mol. The van der Waals surface area contributed by atoms with Crippen LogP contribution in [0.3, 0.4) is 0 Å². The molecule has 3 aliphatic rings. The Morgan fingerprint density at radius 1 is 1.28 bits per heavy atom. The highest BCUT2D eigenvalue weighted by atomic mass is 32.2. The average Bonchev–Trinajstić information content (AvgIpc) is 3.36. The Morgan fingerprint density at radius 2 is 2.17 bits per heavy atom. The lowest BCUT2D eigenvalue weighted by Crippen LogP contribution is -2.29. The molecule has 0 aromatic carbocycles. The normalized spacial score (nSPS) is 24.1.